The Hall–Kier alpha value is -1.43. The molecule has 28 heavy (non-hydrogen) atoms. The Morgan fingerprint density at radius 2 is 1.82 bits per heavy atom. The van der Waals surface area contributed by atoms with Crippen LogP contribution in [0.25, 0.3) is 0 Å². The molecule has 153 valence electrons. The van der Waals surface area contributed by atoms with Crippen LogP contribution in [0.2, 0.25) is 0 Å². The van der Waals surface area contributed by atoms with Crippen molar-refractivity contribution in [3.8, 4) is 0 Å². The molecule has 0 aliphatic carbocycles. The van der Waals surface area contributed by atoms with Gasteiger partial charge in [0.25, 0.3) is 0 Å². The molecule has 3 aliphatic heterocycles. The summed E-state index contributed by atoms with van der Waals surface area (Å²) in [4.78, 5) is 19.9. The minimum atomic E-state index is 0.345. The predicted octanol–water partition coefficient (Wildman–Crippen LogP) is 2.34. The standard InChI is InChI=1S/C23H35N4O/c28-23(10-9-21-8-4-5-12-24-21)27-16-14-26(15-17-27)22-11-13-25(19-22)18-20-6-2-1-3-7-20/h1-3,6-7,21-22H,4-5,8-19H2. The molecule has 4 rings (SSSR count). The number of carbonyl (C=O) groups excluding carboxylic acids is 1. The van der Waals surface area contributed by atoms with Gasteiger partial charge >= 0.3 is 0 Å². The molecule has 2 atom stereocenters. The van der Waals surface area contributed by atoms with Gasteiger partial charge in [-0.1, -0.05) is 36.8 Å². The van der Waals surface area contributed by atoms with Gasteiger partial charge in [0, 0.05) is 70.9 Å². The Labute approximate surface area is 170 Å². The molecule has 0 aromatic heterocycles. The van der Waals surface area contributed by atoms with E-state index >= 15 is 0 Å². The normalized spacial score (nSPS) is 27.2. The van der Waals surface area contributed by atoms with Gasteiger partial charge in [-0.3, -0.25) is 14.6 Å². The van der Waals surface area contributed by atoms with Crippen molar-refractivity contribution in [1.29, 1.82) is 0 Å². The number of benzene rings is 1. The molecular weight excluding hydrogens is 348 g/mol. The zero-order valence-electron chi connectivity index (χ0n) is 17.1. The summed E-state index contributed by atoms with van der Waals surface area (Å²) in [5.74, 6) is 0.345. The van der Waals surface area contributed by atoms with Crippen LogP contribution in [0, 0.1) is 0 Å². The number of carbonyl (C=O) groups is 1. The van der Waals surface area contributed by atoms with E-state index in [-0.39, 0.29) is 0 Å². The van der Waals surface area contributed by atoms with E-state index in [0.717, 1.165) is 52.2 Å². The van der Waals surface area contributed by atoms with Gasteiger partial charge in [-0.05, 0) is 31.2 Å². The molecule has 1 radical (unpaired) electrons. The highest BCUT2D eigenvalue weighted by molar-refractivity contribution is 5.76. The molecular formula is C23H35N4O. The van der Waals surface area contributed by atoms with Crippen molar-refractivity contribution < 1.29 is 4.79 Å². The first kappa shape index (κ1) is 19.9. The number of amides is 1. The summed E-state index contributed by atoms with van der Waals surface area (Å²) >= 11 is 0. The van der Waals surface area contributed by atoms with Gasteiger partial charge in [0.05, 0.1) is 0 Å². The van der Waals surface area contributed by atoms with Gasteiger partial charge in [-0.25, -0.2) is 5.32 Å². The van der Waals surface area contributed by atoms with E-state index in [4.69, 9.17) is 0 Å². The summed E-state index contributed by atoms with van der Waals surface area (Å²) in [5, 5.41) is 4.66. The van der Waals surface area contributed by atoms with Gasteiger partial charge in [0.2, 0.25) is 5.91 Å². The average Bonchev–Trinajstić information content (AvgIpc) is 3.22. The fourth-order valence-electron chi connectivity index (χ4n) is 4.97. The van der Waals surface area contributed by atoms with Crippen molar-refractivity contribution in [1.82, 2.24) is 20.0 Å². The number of hydrogen-bond acceptors (Lipinski definition) is 3. The van der Waals surface area contributed by atoms with Crippen molar-refractivity contribution in [3.63, 3.8) is 0 Å². The second-order valence-electron chi connectivity index (χ2n) is 8.67. The smallest absolute Gasteiger partial charge is 0.222 e. The minimum Gasteiger partial charge on any atom is -0.340 e. The summed E-state index contributed by atoms with van der Waals surface area (Å²) in [6.45, 7) is 8.26. The van der Waals surface area contributed by atoms with Crippen LogP contribution >= 0.6 is 0 Å². The number of rotatable bonds is 6. The van der Waals surface area contributed by atoms with Crippen LogP contribution in [0.4, 0.5) is 0 Å². The van der Waals surface area contributed by atoms with Crippen molar-refractivity contribution in [2.45, 2.75) is 57.2 Å². The molecule has 3 heterocycles. The van der Waals surface area contributed by atoms with Crippen molar-refractivity contribution in [3.05, 3.63) is 35.9 Å². The highest BCUT2D eigenvalue weighted by Crippen LogP contribution is 2.20. The number of hydrogen-bond donors (Lipinski definition) is 0. The predicted molar refractivity (Wildman–Crippen MR) is 112 cm³/mol. The molecule has 0 spiro atoms. The molecule has 3 aliphatic rings. The average molecular weight is 384 g/mol. The lowest BCUT2D eigenvalue weighted by Gasteiger charge is -2.38. The van der Waals surface area contributed by atoms with Gasteiger partial charge in [-0.15, -0.1) is 0 Å². The maximum atomic E-state index is 12.6. The van der Waals surface area contributed by atoms with Gasteiger partial charge in [-0.2, -0.15) is 0 Å². The first-order valence-corrected chi connectivity index (χ1v) is 11.2. The third kappa shape index (κ3) is 5.34. The van der Waals surface area contributed by atoms with Crippen LogP contribution in [-0.4, -0.2) is 78.5 Å². The summed E-state index contributed by atoms with van der Waals surface area (Å²) in [6.07, 6.45) is 6.59. The quantitative estimate of drug-likeness (QED) is 0.757. The first-order valence-electron chi connectivity index (χ1n) is 11.2. The molecule has 5 nitrogen and oxygen atoms in total. The van der Waals surface area contributed by atoms with Crippen LogP contribution in [-0.2, 0) is 11.3 Å². The Bertz CT molecular complexity index is 608. The third-order valence-corrected chi connectivity index (χ3v) is 6.70. The molecule has 0 saturated carbocycles. The monoisotopic (exact) mass is 383 g/mol. The van der Waals surface area contributed by atoms with E-state index in [1.165, 1.54) is 37.8 Å². The van der Waals surface area contributed by atoms with E-state index in [0.29, 0.717) is 24.4 Å². The molecule has 1 aromatic carbocycles. The SMILES string of the molecule is O=C(CCC1CCCC[N]1)N1CCN(C2CCN(Cc3ccccc3)C2)CC1. The van der Waals surface area contributed by atoms with Crippen molar-refractivity contribution in [2.75, 3.05) is 45.8 Å². The molecule has 5 heteroatoms. The molecule has 0 N–H and O–H groups in total. The number of piperidine rings is 1. The van der Waals surface area contributed by atoms with E-state index in [9.17, 15) is 4.79 Å². The van der Waals surface area contributed by atoms with Crippen molar-refractivity contribution in [2.24, 2.45) is 0 Å². The summed E-state index contributed by atoms with van der Waals surface area (Å²) in [5.41, 5.74) is 1.41. The van der Waals surface area contributed by atoms with E-state index in [1.807, 2.05) is 0 Å². The first-order chi connectivity index (χ1) is 13.8. The second-order valence-corrected chi connectivity index (χ2v) is 8.67. The fraction of sp³-hybridized carbons (Fsp3) is 0.696. The van der Waals surface area contributed by atoms with Crippen LogP contribution in [0.15, 0.2) is 30.3 Å². The van der Waals surface area contributed by atoms with Crippen LogP contribution in [0.1, 0.15) is 44.1 Å². The Kier molecular flexibility index (Phi) is 7.00. The van der Waals surface area contributed by atoms with E-state index < -0.39 is 0 Å². The molecule has 3 fully saturated rings. The van der Waals surface area contributed by atoms with Gasteiger partial charge in [0.15, 0.2) is 0 Å². The zero-order valence-corrected chi connectivity index (χ0v) is 17.1. The van der Waals surface area contributed by atoms with Crippen LogP contribution in [0.3, 0.4) is 0 Å². The van der Waals surface area contributed by atoms with Crippen molar-refractivity contribution >= 4 is 5.91 Å². The molecule has 1 aromatic rings. The lowest BCUT2D eigenvalue weighted by Crippen LogP contribution is -2.52. The van der Waals surface area contributed by atoms with E-state index in [2.05, 4.69) is 50.3 Å². The largest absolute Gasteiger partial charge is 0.340 e. The van der Waals surface area contributed by atoms with Gasteiger partial charge in [0.1, 0.15) is 0 Å². The summed E-state index contributed by atoms with van der Waals surface area (Å²) < 4.78 is 0. The number of nitrogens with zero attached hydrogens (tertiary/aromatic N) is 4. The lowest BCUT2D eigenvalue weighted by atomic mass is 10.0. The number of likely N-dealkylation sites (tertiary alicyclic amines) is 1. The van der Waals surface area contributed by atoms with Crippen LogP contribution in [0.5, 0.6) is 0 Å². The zero-order chi connectivity index (χ0) is 19.2. The third-order valence-electron chi connectivity index (χ3n) is 6.70. The maximum Gasteiger partial charge on any atom is 0.222 e. The summed E-state index contributed by atoms with van der Waals surface area (Å²) in [6, 6.07) is 11.9. The Morgan fingerprint density at radius 1 is 1.00 bits per heavy atom. The highest BCUT2D eigenvalue weighted by Gasteiger charge is 2.31. The second kappa shape index (κ2) is 9.86. The van der Waals surface area contributed by atoms with E-state index in [1.54, 1.807) is 0 Å². The number of piperazine rings is 1. The summed E-state index contributed by atoms with van der Waals surface area (Å²) in [7, 11) is 0. The Morgan fingerprint density at radius 3 is 2.57 bits per heavy atom. The highest BCUT2D eigenvalue weighted by atomic mass is 16.2. The van der Waals surface area contributed by atoms with Gasteiger partial charge < -0.3 is 4.90 Å². The molecule has 3 saturated heterocycles. The fourth-order valence-corrected chi connectivity index (χ4v) is 4.97. The topological polar surface area (TPSA) is 40.9 Å². The molecule has 2 unspecified atom stereocenters. The minimum absolute atomic E-state index is 0.345. The van der Waals surface area contributed by atoms with Crippen LogP contribution < -0.4 is 5.32 Å². The molecule has 1 amide bonds. The Balaban J connectivity index is 1.16. The maximum absolute atomic E-state index is 12.6. The lowest BCUT2D eigenvalue weighted by molar-refractivity contribution is -0.133. The molecule has 0 bridgehead atoms.